The molecule has 0 radical (unpaired) electrons. The SMILES string of the molecule is Cc1nnc(-c2ccn(CC(=O)c3cccs3)c(=O)c2)o1. The second-order valence-electron chi connectivity index (χ2n) is 4.41. The van der Waals surface area contributed by atoms with Crippen molar-refractivity contribution < 1.29 is 9.21 Å². The molecular weight excluding hydrogens is 290 g/mol. The van der Waals surface area contributed by atoms with Gasteiger partial charge in [0.25, 0.3) is 5.56 Å². The molecule has 0 bridgehead atoms. The van der Waals surface area contributed by atoms with E-state index in [9.17, 15) is 9.59 Å². The van der Waals surface area contributed by atoms with E-state index in [4.69, 9.17) is 4.42 Å². The first kappa shape index (κ1) is 13.4. The number of ketones is 1. The summed E-state index contributed by atoms with van der Waals surface area (Å²) in [7, 11) is 0. The first-order valence-corrected chi connectivity index (χ1v) is 7.09. The Bertz CT molecular complexity index is 833. The number of pyridine rings is 1. The number of nitrogens with zero attached hydrogens (tertiary/aromatic N) is 3. The van der Waals surface area contributed by atoms with E-state index >= 15 is 0 Å². The summed E-state index contributed by atoms with van der Waals surface area (Å²) in [6.45, 7) is 1.69. The number of rotatable bonds is 4. The predicted octanol–water partition coefficient (Wildman–Crippen LogP) is 2.15. The number of aromatic nitrogens is 3. The van der Waals surface area contributed by atoms with Crippen LogP contribution in [0, 0.1) is 6.92 Å². The Balaban J connectivity index is 1.85. The minimum atomic E-state index is -0.284. The summed E-state index contributed by atoms with van der Waals surface area (Å²) in [4.78, 5) is 24.7. The smallest absolute Gasteiger partial charge is 0.251 e. The van der Waals surface area contributed by atoms with Crippen molar-refractivity contribution in [2.45, 2.75) is 13.5 Å². The topological polar surface area (TPSA) is 78.0 Å². The molecular formula is C14H11N3O3S. The third kappa shape index (κ3) is 2.82. The number of hydrogen-bond donors (Lipinski definition) is 0. The molecule has 0 unspecified atom stereocenters. The van der Waals surface area contributed by atoms with Gasteiger partial charge in [0.1, 0.15) is 0 Å². The molecule has 0 spiro atoms. The molecule has 0 fully saturated rings. The highest BCUT2D eigenvalue weighted by atomic mass is 32.1. The molecule has 21 heavy (non-hydrogen) atoms. The molecule has 0 aliphatic heterocycles. The fraction of sp³-hybridized carbons (Fsp3) is 0.143. The van der Waals surface area contributed by atoms with E-state index in [0.717, 1.165) is 0 Å². The zero-order valence-electron chi connectivity index (χ0n) is 11.1. The quantitative estimate of drug-likeness (QED) is 0.690. The van der Waals surface area contributed by atoms with Crippen LogP contribution in [0.5, 0.6) is 0 Å². The molecule has 6 nitrogen and oxygen atoms in total. The third-order valence-corrected chi connectivity index (χ3v) is 3.79. The van der Waals surface area contributed by atoms with E-state index in [1.807, 2.05) is 11.4 Å². The van der Waals surface area contributed by atoms with Gasteiger partial charge in [-0.2, -0.15) is 0 Å². The van der Waals surface area contributed by atoms with E-state index in [0.29, 0.717) is 22.2 Å². The third-order valence-electron chi connectivity index (χ3n) is 2.88. The van der Waals surface area contributed by atoms with Gasteiger partial charge in [0.15, 0.2) is 5.78 Å². The first-order valence-electron chi connectivity index (χ1n) is 6.21. The van der Waals surface area contributed by atoms with Crippen molar-refractivity contribution >= 4 is 17.1 Å². The van der Waals surface area contributed by atoms with Gasteiger partial charge < -0.3 is 8.98 Å². The Labute approximate surface area is 123 Å². The Morgan fingerprint density at radius 2 is 2.24 bits per heavy atom. The number of carbonyl (C=O) groups is 1. The summed E-state index contributed by atoms with van der Waals surface area (Å²) in [5.41, 5.74) is 0.258. The lowest BCUT2D eigenvalue weighted by Crippen LogP contribution is -2.22. The van der Waals surface area contributed by atoms with Gasteiger partial charge in [-0.25, -0.2) is 0 Å². The zero-order chi connectivity index (χ0) is 14.8. The average Bonchev–Trinajstić information content (AvgIpc) is 3.12. The molecule has 0 aromatic carbocycles. The Morgan fingerprint density at radius 1 is 1.38 bits per heavy atom. The Hall–Kier alpha value is -2.54. The summed E-state index contributed by atoms with van der Waals surface area (Å²) in [5, 5.41) is 9.41. The average molecular weight is 301 g/mol. The summed E-state index contributed by atoms with van der Waals surface area (Å²) >= 11 is 1.36. The summed E-state index contributed by atoms with van der Waals surface area (Å²) in [5.74, 6) is 0.636. The van der Waals surface area contributed by atoms with Gasteiger partial charge in [-0.15, -0.1) is 21.5 Å². The van der Waals surface area contributed by atoms with Crippen LogP contribution in [0.2, 0.25) is 0 Å². The van der Waals surface area contributed by atoms with Crippen molar-refractivity contribution in [1.29, 1.82) is 0 Å². The van der Waals surface area contributed by atoms with Crippen molar-refractivity contribution in [3.63, 3.8) is 0 Å². The largest absolute Gasteiger partial charge is 0.421 e. The molecule has 106 valence electrons. The Morgan fingerprint density at radius 3 is 2.86 bits per heavy atom. The summed E-state index contributed by atoms with van der Waals surface area (Å²) in [6, 6.07) is 6.61. The van der Waals surface area contributed by atoms with Crippen molar-refractivity contribution in [3.05, 3.63) is 57.0 Å². The van der Waals surface area contributed by atoms with Crippen LogP contribution in [0.3, 0.4) is 0 Å². The van der Waals surface area contributed by atoms with Crippen LogP contribution in [-0.4, -0.2) is 20.5 Å². The number of hydrogen-bond acceptors (Lipinski definition) is 6. The van der Waals surface area contributed by atoms with Crippen LogP contribution in [-0.2, 0) is 6.54 Å². The van der Waals surface area contributed by atoms with Crippen LogP contribution >= 0.6 is 11.3 Å². The lowest BCUT2D eigenvalue weighted by Gasteiger charge is -2.04. The number of Topliss-reactive ketones (excluding diaryl/α,β-unsaturated/α-hetero) is 1. The van der Waals surface area contributed by atoms with Crippen molar-refractivity contribution in [2.75, 3.05) is 0 Å². The molecule has 0 saturated carbocycles. The minimum absolute atomic E-state index is 0.0164. The van der Waals surface area contributed by atoms with E-state index in [2.05, 4.69) is 10.2 Å². The summed E-state index contributed by atoms with van der Waals surface area (Å²) < 4.78 is 6.62. The second kappa shape index (κ2) is 5.45. The number of thiophene rings is 1. The van der Waals surface area contributed by atoms with Crippen molar-refractivity contribution in [1.82, 2.24) is 14.8 Å². The van der Waals surface area contributed by atoms with Crippen LogP contribution in [0.15, 0.2) is 45.1 Å². The van der Waals surface area contributed by atoms with Gasteiger partial charge in [-0.05, 0) is 17.5 Å². The van der Waals surface area contributed by atoms with Crippen molar-refractivity contribution in [3.8, 4) is 11.5 Å². The van der Waals surface area contributed by atoms with Gasteiger partial charge in [0.05, 0.1) is 11.4 Å². The number of carbonyl (C=O) groups excluding carboxylic acids is 1. The molecule has 0 saturated heterocycles. The van der Waals surface area contributed by atoms with E-state index < -0.39 is 0 Å². The lowest BCUT2D eigenvalue weighted by atomic mass is 10.2. The molecule has 7 heteroatoms. The molecule has 3 aromatic heterocycles. The maximum Gasteiger partial charge on any atom is 0.251 e. The molecule has 3 rings (SSSR count). The zero-order valence-corrected chi connectivity index (χ0v) is 12.0. The fourth-order valence-electron chi connectivity index (χ4n) is 1.85. The van der Waals surface area contributed by atoms with E-state index in [-0.39, 0.29) is 17.9 Å². The molecule has 0 aliphatic carbocycles. The standard InChI is InChI=1S/C14H11N3O3S/c1-9-15-16-14(20-9)10-4-5-17(13(19)7-10)8-11(18)12-3-2-6-21-12/h2-7H,8H2,1H3. The molecule has 3 heterocycles. The van der Waals surface area contributed by atoms with Gasteiger partial charge >= 0.3 is 0 Å². The van der Waals surface area contributed by atoms with E-state index in [1.165, 1.54) is 22.0 Å². The lowest BCUT2D eigenvalue weighted by molar-refractivity contribution is 0.0975. The van der Waals surface area contributed by atoms with Gasteiger partial charge in [-0.3, -0.25) is 9.59 Å². The first-order chi connectivity index (χ1) is 10.1. The molecule has 0 N–H and O–H groups in total. The number of aryl methyl sites for hydroxylation is 1. The van der Waals surface area contributed by atoms with Crippen LogP contribution in [0.4, 0.5) is 0 Å². The van der Waals surface area contributed by atoms with Gasteiger partial charge in [-0.1, -0.05) is 6.07 Å². The predicted molar refractivity (Wildman–Crippen MR) is 77.4 cm³/mol. The monoisotopic (exact) mass is 301 g/mol. The van der Waals surface area contributed by atoms with Crippen LogP contribution in [0.1, 0.15) is 15.6 Å². The molecule has 3 aromatic rings. The van der Waals surface area contributed by atoms with Gasteiger partial charge in [0, 0.05) is 24.8 Å². The summed E-state index contributed by atoms with van der Waals surface area (Å²) in [6.07, 6.45) is 1.56. The van der Waals surface area contributed by atoms with Crippen LogP contribution in [0.25, 0.3) is 11.5 Å². The highest BCUT2D eigenvalue weighted by Crippen LogP contribution is 2.15. The maximum absolute atomic E-state index is 12.0. The van der Waals surface area contributed by atoms with Crippen molar-refractivity contribution in [2.24, 2.45) is 0 Å². The Kier molecular flexibility index (Phi) is 3.49. The maximum atomic E-state index is 12.0. The molecule has 0 aliphatic rings. The highest BCUT2D eigenvalue weighted by molar-refractivity contribution is 7.12. The molecule has 0 atom stereocenters. The fourth-order valence-corrected chi connectivity index (χ4v) is 2.51. The normalized spacial score (nSPS) is 10.7. The highest BCUT2D eigenvalue weighted by Gasteiger charge is 2.11. The second-order valence-corrected chi connectivity index (χ2v) is 5.36. The van der Waals surface area contributed by atoms with Crippen LogP contribution < -0.4 is 5.56 Å². The van der Waals surface area contributed by atoms with E-state index in [1.54, 1.807) is 25.3 Å². The molecule has 0 amide bonds. The van der Waals surface area contributed by atoms with Gasteiger partial charge in [0.2, 0.25) is 11.8 Å². The minimum Gasteiger partial charge on any atom is -0.421 e.